The molecule has 8 nitrogen and oxygen atoms in total. The number of likely N-dealkylation sites (tertiary alicyclic amines) is 1. The minimum atomic E-state index is -4.74. The van der Waals surface area contributed by atoms with Crippen molar-refractivity contribution in [2.45, 2.75) is 72.9 Å². The number of hydrogen-bond donors (Lipinski definition) is 2. The molecule has 3 rings (SSSR count). The van der Waals surface area contributed by atoms with Crippen LogP contribution < -0.4 is 10.1 Å². The minimum absolute atomic E-state index is 0. The normalized spacial score (nSPS) is 15.2. The van der Waals surface area contributed by atoms with Gasteiger partial charge in [-0.25, -0.2) is 9.78 Å². The van der Waals surface area contributed by atoms with Crippen LogP contribution in [0.15, 0.2) is 36.4 Å². The van der Waals surface area contributed by atoms with E-state index in [2.05, 4.69) is 10.3 Å². The molecular weight excluding hydrogens is 491 g/mol. The fourth-order valence-electron chi connectivity index (χ4n) is 3.27. The first kappa shape index (κ1) is 31.7. The Morgan fingerprint density at radius 3 is 2.41 bits per heavy atom. The summed E-state index contributed by atoms with van der Waals surface area (Å²) in [5, 5.41) is 12.0. The van der Waals surface area contributed by atoms with Gasteiger partial charge in [-0.15, -0.1) is 0 Å². The van der Waals surface area contributed by atoms with Crippen LogP contribution in [0.3, 0.4) is 0 Å². The van der Waals surface area contributed by atoms with E-state index in [1.54, 1.807) is 26.8 Å². The standard InChI is InChI=1S/C23H26F3N3O5.C2H6.CH4/c1-22(2,3)34-21(32)27-12-14-9-18(23(24,25)26)28-19(10-14)33-17-6-4-5-15(11-17)20(31)29-8-7-16(30)13-29;1-2;/h4-6,9-11,16,30H,7-8,12-13H2,1-3H3,(H,27,32);1-2H3;1H4. The monoisotopic (exact) mass is 527 g/mol. The first-order chi connectivity index (χ1) is 16.8. The molecule has 1 fully saturated rings. The van der Waals surface area contributed by atoms with Crippen LogP contribution in [0, 0.1) is 0 Å². The van der Waals surface area contributed by atoms with E-state index < -0.39 is 29.7 Å². The predicted octanol–water partition coefficient (Wildman–Crippen LogP) is 5.79. The number of nitrogens with one attached hydrogen (secondary N) is 1. The first-order valence-electron chi connectivity index (χ1n) is 11.6. The number of alkyl halides is 3. The Morgan fingerprint density at radius 1 is 1.16 bits per heavy atom. The van der Waals surface area contributed by atoms with Gasteiger partial charge in [0.05, 0.1) is 6.10 Å². The van der Waals surface area contributed by atoms with Crippen LogP contribution in [0.5, 0.6) is 11.6 Å². The molecule has 1 atom stereocenters. The summed E-state index contributed by atoms with van der Waals surface area (Å²) in [4.78, 5) is 29.5. The van der Waals surface area contributed by atoms with Crippen LogP contribution in [0.25, 0.3) is 0 Å². The zero-order valence-electron chi connectivity index (χ0n) is 21.0. The van der Waals surface area contributed by atoms with Crippen molar-refractivity contribution >= 4 is 12.0 Å². The second-order valence-electron chi connectivity index (χ2n) is 8.88. The van der Waals surface area contributed by atoms with Crippen LogP contribution >= 0.6 is 0 Å². The number of halogens is 3. The van der Waals surface area contributed by atoms with Crippen molar-refractivity contribution in [1.82, 2.24) is 15.2 Å². The molecule has 2 aromatic rings. The van der Waals surface area contributed by atoms with E-state index >= 15 is 0 Å². The largest absolute Gasteiger partial charge is 0.444 e. The number of ether oxygens (including phenoxy) is 2. The summed E-state index contributed by atoms with van der Waals surface area (Å²) in [6.45, 7) is 9.38. The summed E-state index contributed by atoms with van der Waals surface area (Å²) in [7, 11) is 0. The highest BCUT2D eigenvalue weighted by molar-refractivity contribution is 5.94. The first-order valence-corrected chi connectivity index (χ1v) is 11.6. The Balaban J connectivity index is 0.00000223. The van der Waals surface area contributed by atoms with Crippen LogP contribution in [0.4, 0.5) is 18.0 Å². The van der Waals surface area contributed by atoms with Gasteiger partial charge in [-0.05, 0) is 57.0 Å². The lowest BCUT2D eigenvalue weighted by molar-refractivity contribution is -0.141. The number of amides is 2. The van der Waals surface area contributed by atoms with Crippen molar-refractivity contribution in [3.05, 3.63) is 53.2 Å². The molecule has 0 bridgehead atoms. The maximum atomic E-state index is 13.4. The average Bonchev–Trinajstić information content (AvgIpc) is 3.23. The van der Waals surface area contributed by atoms with Crippen molar-refractivity contribution in [3.63, 3.8) is 0 Å². The molecule has 37 heavy (non-hydrogen) atoms. The van der Waals surface area contributed by atoms with Crippen LogP contribution in [0.2, 0.25) is 0 Å². The zero-order valence-corrected chi connectivity index (χ0v) is 21.0. The van der Waals surface area contributed by atoms with Gasteiger partial charge in [0, 0.05) is 31.3 Å². The van der Waals surface area contributed by atoms with Crippen molar-refractivity contribution < 1.29 is 37.3 Å². The Labute approximate surface area is 215 Å². The number of aliphatic hydroxyl groups is 1. The van der Waals surface area contributed by atoms with Crippen molar-refractivity contribution in [2.75, 3.05) is 13.1 Å². The topological polar surface area (TPSA) is 101 Å². The number of benzene rings is 1. The number of aliphatic hydroxyl groups excluding tert-OH is 1. The third kappa shape index (κ3) is 9.91. The quantitative estimate of drug-likeness (QED) is 0.511. The van der Waals surface area contributed by atoms with Gasteiger partial charge in [0.2, 0.25) is 5.88 Å². The molecule has 2 N–H and O–H groups in total. The summed E-state index contributed by atoms with van der Waals surface area (Å²) < 4.78 is 50.8. The van der Waals surface area contributed by atoms with Crippen molar-refractivity contribution in [1.29, 1.82) is 0 Å². The summed E-state index contributed by atoms with van der Waals surface area (Å²) in [6, 6.07) is 8.04. The Kier molecular flexibility index (Phi) is 11.4. The van der Waals surface area contributed by atoms with E-state index in [1.807, 2.05) is 13.8 Å². The highest BCUT2D eigenvalue weighted by Gasteiger charge is 2.34. The molecule has 2 heterocycles. The molecule has 1 aromatic heterocycles. The van der Waals surface area contributed by atoms with Gasteiger partial charge < -0.3 is 24.8 Å². The van der Waals surface area contributed by atoms with E-state index in [4.69, 9.17) is 9.47 Å². The third-order valence-corrected chi connectivity index (χ3v) is 4.74. The number of hydrogen-bond acceptors (Lipinski definition) is 6. The average molecular weight is 528 g/mol. The lowest BCUT2D eigenvalue weighted by Gasteiger charge is -2.20. The number of aromatic nitrogens is 1. The van der Waals surface area contributed by atoms with Gasteiger partial charge in [0.1, 0.15) is 17.0 Å². The second kappa shape index (κ2) is 13.3. The Hall–Kier alpha value is -3.34. The molecule has 11 heteroatoms. The van der Waals surface area contributed by atoms with Crippen LogP contribution in [-0.2, 0) is 17.5 Å². The van der Waals surface area contributed by atoms with Crippen LogP contribution in [0.1, 0.15) is 70.1 Å². The number of nitrogens with zero attached hydrogens (tertiary/aromatic N) is 2. The number of pyridine rings is 1. The van der Waals surface area contributed by atoms with Crippen LogP contribution in [-0.4, -0.2) is 51.8 Å². The lowest BCUT2D eigenvalue weighted by Crippen LogP contribution is -2.32. The molecule has 1 aromatic carbocycles. The minimum Gasteiger partial charge on any atom is -0.444 e. The number of rotatable bonds is 5. The van der Waals surface area contributed by atoms with E-state index in [-0.39, 0.29) is 49.2 Å². The summed E-state index contributed by atoms with van der Waals surface area (Å²) >= 11 is 0. The van der Waals surface area contributed by atoms with E-state index in [1.165, 1.54) is 29.2 Å². The van der Waals surface area contributed by atoms with Gasteiger partial charge in [0.25, 0.3) is 5.91 Å². The number of carbonyl (C=O) groups excluding carboxylic acids is 2. The molecule has 0 saturated carbocycles. The third-order valence-electron chi connectivity index (χ3n) is 4.74. The predicted molar refractivity (Wildman–Crippen MR) is 133 cm³/mol. The van der Waals surface area contributed by atoms with E-state index in [0.29, 0.717) is 13.0 Å². The fourth-order valence-corrected chi connectivity index (χ4v) is 3.27. The van der Waals surface area contributed by atoms with Crippen molar-refractivity contribution in [3.8, 4) is 11.6 Å². The molecule has 0 aliphatic carbocycles. The molecule has 1 aliphatic rings. The molecule has 1 aliphatic heterocycles. The second-order valence-corrected chi connectivity index (χ2v) is 8.88. The maximum Gasteiger partial charge on any atom is 0.433 e. The summed E-state index contributed by atoms with van der Waals surface area (Å²) in [5.41, 5.74) is -1.58. The number of alkyl carbamates (subject to hydrolysis) is 1. The van der Waals surface area contributed by atoms with E-state index in [9.17, 15) is 27.9 Å². The van der Waals surface area contributed by atoms with Gasteiger partial charge in [-0.1, -0.05) is 27.3 Å². The Bertz CT molecular complexity index is 1050. The molecule has 1 saturated heterocycles. The molecule has 0 spiro atoms. The molecule has 206 valence electrons. The van der Waals surface area contributed by atoms with Gasteiger partial charge in [-0.3, -0.25) is 4.79 Å². The zero-order chi connectivity index (χ0) is 27.1. The van der Waals surface area contributed by atoms with Gasteiger partial charge in [0.15, 0.2) is 0 Å². The van der Waals surface area contributed by atoms with Crippen molar-refractivity contribution in [2.24, 2.45) is 0 Å². The highest BCUT2D eigenvalue weighted by atomic mass is 19.4. The lowest BCUT2D eigenvalue weighted by atomic mass is 10.2. The molecule has 1 unspecified atom stereocenters. The number of β-amino-alcohol motifs (C(OH)–C–C–N with tert-alkyl or cyclic N) is 1. The molecule has 0 radical (unpaired) electrons. The molecular formula is C26H36F3N3O5. The summed E-state index contributed by atoms with van der Waals surface area (Å²) in [5.74, 6) is -0.554. The number of carbonyl (C=O) groups is 2. The fraction of sp³-hybridized carbons (Fsp3) is 0.500. The maximum absolute atomic E-state index is 13.4. The van der Waals surface area contributed by atoms with Gasteiger partial charge >= 0.3 is 12.3 Å². The molecule has 2 amide bonds. The van der Waals surface area contributed by atoms with E-state index in [0.717, 1.165) is 6.07 Å². The highest BCUT2D eigenvalue weighted by Crippen LogP contribution is 2.31. The summed E-state index contributed by atoms with van der Waals surface area (Å²) in [6.07, 6.45) is -5.62. The smallest absolute Gasteiger partial charge is 0.433 e. The van der Waals surface area contributed by atoms with Gasteiger partial charge in [-0.2, -0.15) is 13.2 Å². The SMILES string of the molecule is C.CC.CC(C)(C)OC(=O)NCc1cc(Oc2cccc(C(=O)N3CCC(O)C3)c2)nc(C(F)(F)F)c1. The Morgan fingerprint density at radius 2 is 1.84 bits per heavy atom.